The Bertz CT molecular complexity index is 598. The van der Waals surface area contributed by atoms with Gasteiger partial charge in [0.05, 0.1) is 6.04 Å². The van der Waals surface area contributed by atoms with E-state index in [1.165, 1.54) is 0 Å². The Morgan fingerprint density at radius 1 is 1.06 bits per heavy atom. The molecule has 2 N–H and O–H groups in total. The van der Waals surface area contributed by atoms with Crippen LogP contribution in [0.2, 0.25) is 5.02 Å². The maximum absolute atomic E-state index is 11.6. The SMILES string of the molecule is O=C1Nc2ccc(Cl)cc2C(c2ccccc2)N1. The quantitative estimate of drug-likeness (QED) is 0.807. The van der Waals surface area contributed by atoms with Gasteiger partial charge in [-0.1, -0.05) is 41.9 Å². The van der Waals surface area contributed by atoms with Crippen LogP contribution in [0.1, 0.15) is 17.2 Å². The zero-order valence-corrected chi connectivity index (χ0v) is 10.2. The van der Waals surface area contributed by atoms with E-state index in [4.69, 9.17) is 11.6 Å². The smallest absolute Gasteiger partial charge is 0.320 e. The minimum absolute atomic E-state index is 0.159. The van der Waals surface area contributed by atoms with Gasteiger partial charge in [-0.15, -0.1) is 0 Å². The summed E-state index contributed by atoms with van der Waals surface area (Å²) < 4.78 is 0. The number of urea groups is 1. The molecule has 0 saturated carbocycles. The average molecular weight is 259 g/mol. The van der Waals surface area contributed by atoms with Crippen molar-refractivity contribution in [1.29, 1.82) is 0 Å². The van der Waals surface area contributed by atoms with E-state index in [1.54, 1.807) is 6.07 Å². The molecule has 2 aromatic rings. The fraction of sp³-hybridized carbons (Fsp3) is 0.0714. The van der Waals surface area contributed by atoms with Gasteiger partial charge in [-0.3, -0.25) is 0 Å². The number of benzene rings is 2. The van der Waals surface area contributed by atoms with Crippen LogP contribution < -0.4 is 10.6 Å². The van der Waals surface area contributed by atoms with E-state index in [-0.39, 0.29) is 12.1 Å². The molecule has 3 rings (SSSR count). The second-order valence-corrected chi connectivity index (χ2v) is 4.61. The van der Waals surface area contributed by atoms with Gasteiger partial charge in [0, 0.05) is 16.3 Å². The molecular formula is C14H11ClN2O. The summed E-state index contributed by atoms with van der Waals surface area (Å²) in [6.45, 7) is 0. The van der Waals surface area contributed by atoms with E-state index in [1.807, 2.05) is 42.5 Å². The Morgan fingerprint density at radius 3 is 2.61 bits per heavy atom. The number of anilines is 1. The molecule has 2 aromatic carbocycles. The first-order valence-electron chi connectivity index (χ1n) is 5.66. The average Bonchev–Trinajstić information content (AvgIpc) is 2.39. The maximum Gasteiger partial charge on any atom is 0.320 e. The normalized spacial score (nSPS) is 17.6. The molecule has 0 radical (unpaired) electrons. The van der Waals surface area contributed by atoms with Crippen molar-refractivity contribution in [2.45, 2.75) is 6.04 Å². The molecular weight excluding hydrogens is 248 g/mol. The molecule has 1 aliphatic heterocycles. The van der Waals surface area contributed by atoms with Gasteiger partial charge in [0.1, 0.15) is 0 Å². The summed E-state index contributed by atoms with van der Waals surface area (Å²) in [6.07, 6.45) is 0. The van der Waals surface area contributed by atoms with Gasteiger partial charge >= 0.3 is 6.03 Å². The highest BCUT2D eigenvalue weighted by Gasteiger charge is 2.25. The van der Waals surface area contributed by atoms with Gasteiger partial charge in [0.25, 0.3) is 0 Å². The predicted octanol–water partition coefficient (Wildman–Crippen LogP) is 3.56. The maximum atomic E-state index is 11.6. The van der Waals surface area contributed by atoms with Crippen molar-refractivity contribution < 1.29 is 4.79 Å². The van der Waals surface area contributed by atoms with Crippen LogP contribution in [0.4, 0.5) is 10.5 Å². The summed E-state index contributed by atoms with van der Waals surface area (Å²) in [4.78, 5) is 11.6. The molecule has 0 bridgehead atoms. The highest BCUT2D eigenvalue weighted by Crippen LogP contribution is 2.33. The summed E-state index contributed by atoms with van der Waals surface area (Å²) >= 11 is 6.03. The van der Waals surface area contributed by atoms with Gasteiger partial charge in [-0.25, -0.2) is 4.79 Å². The molecule has 18 heavy (non-hydrogen) atoms. The molecule has 1 aliphatic rings. The van der Waals surface area contributed by atoms with Crippen molar-refractivity contribution in [3.8, 4) is 0 Å². The van der Waals surface area contributed by atoms with Crippen LogP contribution in [-0.2, 0) is 0 Å². The van der Waals surface area contributed by atoms with Crippen LogP contribution in [0.15, 0.2) is 48.5 Å². The van der Waals surface area contributed by atoms with Crippen molar-refractivity contribution in [3.05, 3.63) is 64.7 Å². The fourth-order valence-corrected chi connectivity index (χ4v) is 2.34. The van der Waals surface area contributed by atoms with Crippen LogP contribution >= 0.6 is 11.6 Å². The molecule has 90 valence electrons. The lowest BCUT2D eigenvalue weighted by Gasteiger charge is -2.27. The minimum atomic E-state index is -0.196. The summed E-state index contributed by atoms with van der Waals surface area (Å²) in [7, 11) is 0. The number of carbonyl (C=O) groups is 1. The summed E-state index contributed by atoms with van der Waals surface area (Å²) in [5.41, 5.74) is 2.82. The van der Waals surface area contributed by atoms with Gasteiger partial charge < -0.3 is 10.6 Å². The Kier molecular flexibility index (Phi) is 2.68. The number of rotatable bonds is 1. The monoisotopic (exact) mass is 258 g/mol. The Hall–Kier alpha value is -2.00. The van der Waals surface area contributed by atoms with E-state index < -0.39 is 0 Å². The minimum Gasteiger partial charge on any atom is -0.327 e. The molecule has 1 unspecified atom stereocenters. The van der Waals surface area contributed by atoms with Crippen molar-refractivity contribution in [3.63, 3.8) is 0 Å². The third kappa shape index (κ3) is 1.93. The molecule has 1 atom stereocenters. The lowest BCUT2D eigenvalue weighted by molar-refractivity contribution is 0.249. The fourth-order valence-electron chi connectivity index (χ4n) is 2.16. The number of carbonyl (C=O) groups excluding carboxylic acids is 1. The molecule has 0 fully saturated rings. The summed E-state index contributed by atoms with van der Waals surface area (Å²) in [5, 5.41) is 6.35. The van der Waals surface area contributed by atoms with Crippen LogP contribution in [0.25, 0.3) is 0 Å². The van der Waals surface area contributed by atoms with E-state index in [0.717, 1.165) is 16.8 Å². The molecule has 0 aliphatic carbocycles. The Balaban J connectivity index is 2.12. The van der Waals surface area contributed by atoms with Crippen molar-refractivity contribution in [2.24, 2.45) is 0 Å². The number of amides is 2. The highest BCUT2D eigenvalue weighted by atomic mass is 35.5. The van der Waals surface area contributed by atoms with Gasteiger partial charge in [0.15, 0.2) is 0 Å². The first-order chi connectivity index (χ1) is 8.74. The van der Waals surface area contributed by atoms with E-state index in [9.17, 15) is 4.79 Å². The molecule has 0 saturated heterocycles. The highest BCUT2D eigenvalue weighted by molar-refractivity contribution is 6.30. The van der Waals surface area contributed by atoms with Gasteiger partial charge in [-0.05, 0) is 23.8 Å². The van der Waals surface area contributed by atoms with Gasteiger partial charge in [-0.2, -0.15) is 0 Å². The first kappa shape index (κ1) is 11.1. The largest absolute Gasteiger partial charge is 0.327 e. The molecule has 3 nitrogen and oxygen atoms in total. The van der Waals surface area contributed by atoms with Crippen molar-refractivity contribution >= 4 is 23.3 Å². The zero-order chi connectivity index (χ0) is 12.5. The Morgan fingerprint density at radius 2 is 1.83 bits per heavy atom. The molecule has 0 aromatic heterocycles. The first-order valence-corrected chi connectivity index (χ1v) is 6.04. The lowest BCUT2D eigenvalue weighted by Crippen LogP contribution is -2.38. The van der Waals surface area contributed by atoms with Crippen LogP contribution in [0.3, 0.4) is 0 Å². The van der Waals surface area contributed by atoms with Crippen LogP contribution in [0.5, 0.6) is 0 Å². The van der Waals surface area contributed by atoms with E-state index in [0.29, 0.717) is 5.02 Å². The van der Waals surface area contributed by atoms with Gasteiger partial charge in [0.2, 0.25) is 0 Å². The summed E-state index contributed by atoms with van der Waals surface area (Å²) in [5.74, 6) is 0. The van der Waals surface area contributed by atoms with Crippen molar-refractivity contribution in [2.75, 3.05) is 5.32 Å². The lowest BCUT2D eigenvalue weighted by atomic mass is 9.96. The van der Waals surface area contributed by atoms with E-state index in [2.05, 4.69) is 10.6 Å². The van der Waals surface area contributed by atoms with Crippen molar-refractivity contribution in [1.82, 2.24) is 5.32 Å². The number of hydrogen-bond acceptors (Lipinski definition) is 1. The third-order valence-electron chi connectivity index (χ3n) is 2.98. The zero-order valence-electron chi connectivity index (χ0n) is 9.48. The second kappa shape index (κ2) is 4.35. The number of nitrogens with one attached hydrogen (secondary N) is 2. The molecule has 1 heterocycles. The second-order valence-electron chi connectivity index (χ2n) is 4.17. The number of hydrogen-bond donors (Lipinski definition) is 2. The molecule has 0 spiro atoms. The number of fused-ring (bicyclic) bond motifs is 1. The predicted molar refractivity (Wildman–Crippen MR) is 71.9 cm³/mol. The number of halogens is 1. The molecule has 4 heteroatoms. The molecule has 2 amide bonds. The topological polar surface area (TPSA) is 41.1 Å². The third-order valence-corrected chi connectivity index (χ3v) is 3.22. The van der Waals surface area contributed by atoms with Crippen LogP contribution in [-0.4, -0.2) is 6.03 Å². The van der Waals surface area contributed by atoms with Crippen LogP contribution in [0, 0.1) is 0 Å². The standard InChI is InChI=1S/C14H11ClN2O/c15-10-6-7-12-11(8-10)13(17-14(18)16-12)9-4-2-1-3-5-9/h1-8,13H,(H2,16,17,18). The van der Waals surface area contributed by atoms with E-state index >= 15 is 0 Å². The Labute approximate surface area is 110 Å². The summed E-state index contributed by atoms with van der Waals surface area (Å²) in [6, 6.07) is 14.9.